The number of carbonyl (C=O) groups is 6. The molecule has 198 valence electrons. The smallest absolute Gasteiger partial charge is 0.325 e. The standard InChI is InChI=1S/C19H33N7O9/c1-9(18(34)35)24-16(32)11(3-2-8-23-19(21)22)26-17(33)12(5-7-14(29)30)25-15(31)10(20)4-6-13(27)28/h9-12H,2-8,20H2,1H3,(H,24,32)(H,25,31)(H,26,33)(H,27,28)(H,29,30)(H,34,35)(H4,21,22,23). The number of nitrogens with zero attached hydrogens (tertiary/aromatic N) is 1. The number of aliphatic carboxylic acids is 3. The van der Waals surface area contributed by atoms with Crippen molar-refractivity contribution in [1.29, 1.82) is 0 Å². The third kappa shape index (κ3) is 14.0. The van der Waals surface area contributed by atoms with Crippen molar-refractivity contribution in [3.63, 3.8) is 0 Å². The zero-order chi connectivity index (χ0) is 27.1. The summed E-state index contributed by atoms with van der Waals surface area (Å²) in [5, 5.41) is 33.5. The van der Waals surface area contributed by atoms with E-state index < -0.39 is 72.6 Å². The first-order valence-corrected chi connectivity index (χ1v) is 10.6. The maximum absolute atomic E-state index is 12.8. The highest BCUT2D eigenvalue weighted by atomic mass is 16.4. The van der Waals surface area contributed by atoms with Gasteiger partial charge in [-0.05, 0) is 32.6 Å². The summed E-state index contributed by atoms with van der Waals surface area (Å²) < 4.78 is 0. The van der Waals surface area contributed by atoms with Gasteiger partial charge in [-0.25, -0.2) is 0 Å². The van der Waals surface area contributed by atoms with Crippen LogP contribution in [-0.4, -0.2) is 87.6 Å². The molecule has 0 saturated carbocycles. The van der Waals surface area contributed by atoms with E-state index in [0.29, 0.717) is 0 Å². The number of hydrogen-bond acceptors (Lipinski definition) is 8. The molecule has 0 aromatic heterocycles. The lowest BCUT2D eigenvalue weighted by atomic mass is 10.1. The molecule has 16 nitrogen and oxygen atoms in total. The number of amides is 3. The van der Waals surface area contributed by atoms with Gasteiger partial charge in [0.25, 0.3) is 0 Å². The first kappa shape index (κ1) is 31.0. The van der Waals surface area contributed by atoms with Crippen LogP contribution in [0.15, 0.2) is 4.99 Å². The molecule has 4 unspecified atom stereocenters. The van der Waals surface area contributed by atoms with Crippen LogP contribution in [0, 0.1) is 0 Å². The normalized spacial score (nSPS) is 13.9. The second-order valence-corrected chi connectivity index (χ2v) is 7.61. The van der Waals surface area contributed by atoms with Crippen molar-refractivity contribution >= 4 is 41.6 Å². The molecule has 0 radical (unpaired) electrons. The average Bonchev–Trinajstić information content (AvgIpc) is 2.75. The Labute approximate surface area is 200 Å². The lowest BCUT2D eigenvalue weighted by molar-refractivity contribution is -0.142. The van der Waals surface area contributed by atoms with Crippen molar-refractivity contribution in [2.75, 3.05) is 6.54 Å². The zero-order valence-electron chi connectivity index (χ0n) is 19.2. The van der Waals surface area contributed by atoms with Crippen LogP contribution in [-0.2, 0) is 28.8 Å². The topological polar surface area (TPSA) is 290 Å². The Kier molecular flexibility index (Phi) is 14.0. The lowest BCUT2D eigenvalue weighted by Crippen LogP contribution is -2.57. The van der Waals surface area contributed by atoms with Crippen LogP contribution in [0.3, 0.4) is 0 Å². The minimum atomic E-state index is -1.42. The fraction of sp³-hybridized carbons (Fsp3) is 0.632. The van der Waals surface area contributed by atoms with Gasteiger partial charge < -0.3 is 48.5 Å². The molecule has 0 fully saturated rings. The van der Waals surface area contributed by atoms with Crippen LogP contribution in [0.1, 0.15) is 45.4 Å². The Bertz CT molecular complexity index is 814. The van der Waals surface area contributed by atoms with E-state index in [0.717, 1.165) is 0 Å². The van der Waals surface area contributed by atoms with Crippen LogP contribution < -0.4 is 33.2 Å². The van der Waals surface area contributed by atoms with E-state index in [1.807, 2.05) is 0 Å². The Balaban J connectivity index is 5.50. The lowest BCUT2D eigenvalue weighted by Gasteiger charge is -2.24. The van der Waals surface area contributed by atoms with Crippen molar-refractivity contribution < 1.29 is 44.1 Å². The van der Waals surface area contributed by atoms with E-state index in [1.165, 1.54) is 6.92 Å². The van der Waals surface area contributed by atoms with Crippen LogP contribution in [0.5, 0.6) is 0 Å². The third-order valence-corrected chi connectivity index (χ3v) is 4.59. The highest BCUT2D eigenvalue weighted by Crippen LogP contribution is 2.05. The van der Waals surface area contributed by atoms with E-state index >= 15 is 0 Å². The summed E-state index contributed by atoms with van der Waals surface area (Å²) in [6, 6.07) is -5.22. The van der Waals surface area contributed by atoms with Gasteiger partial charge in [0.05, 0.1) is 6.04 Å². The molecule has 0 aliphatic rings. The number of nitrogens with one attached hydrogen (secondary N) is 3. The summed E-state index contributed by atoms with van der Waals surface area (Å²) in [6.45, 7) is 1.32. The number of aliphatic imine (C=N–C) groups is 1. The maximum Gasteiger partial charge on any atom is 0.325 e. The summed E-state index contributed by atoms with van der Waals surface area (Å²) in [5.74, 6) is -6.58. The summed E-state index contributed by atoms with van der Waals surface area (Å²) in [4.78, 5) is 74.1. The molecule has 0 aromatic rings. The molecule has 0 aliphatic carbocycles. The molecular weight excluding hydrogens is 470 g/mol. The van der Waals surface area contributed by atoms with E-state index in [9.17, 15) is 28.8 Å². The van der Waals surface area contributed by atoms with E-state index in [2.05, 4.69) is 20.9 Å². The molecule has 4 atom stereocenters. The molecule has 3 amide bonds. The quantitative estimate of drug-likeness (QED) is 0.0534. The maximum atomic E-state index is 12.8. The summed E-state index contributed by atoms with van der Waals surface area (Å²) in [7, 11) is 0. The molecule has 0 spiro atoms. The van der Waals surface area contributed by atoms with Crippen LogP contribution in [0.2, 0.25) is 0 Å². The fourth-order valence-corrected chi connectivity index (χ4v) is 2.65. The van der Waals surface area contributed by atoms with E-state index in [1.54, 1.807) is 0 Å². The SMILES string of the molecule is CC(NC(=O)C(CCCN=C(N)N)NC(=O)C(CCC(=O)O)NC(=O)C(N)CCC(=O)O)C(=O)O. The van der Waals surface area contributed by atoms with Gasteiger partial charge in [0, 0.05) is 19.4 Å². The number of carbonyl (C=O) groups excluding carboxylic acids is 3. The minimum Gasteiger partial charge on any atom is -0.481 e. The number of nitrogens with two attached hydrogens (primary N) is 3. The molecule has 0 saturated heterocycles. The molecule has 0 aliphatic heterocycles. The summed E-state index contributed by atoms with van der Waals surface area (Å²) >= 11 is 0. The van der Waals surface area contributed by atoms with Crippen molar-refractivity contribution in [3.8, 4) is 0 Å². The van der Waals surface area contributed by atoms with Crippen molar-refractivity contribution in [2.24, 2.45) is 22.2 Å². The highest BCUT2D eigenvalue weighted by molar-refractivity contribution is 5.94. The Hall–Kier alpha value is -3.95. The molecule has 35 heavy (non-hydrogen) atoms. The van der Waals surface area contributed by atoms with Gasteiger partial charge in [-0.1, -0.05) is 0 Å². The molecule has 12 N–H and O–H groups in total. The minimum absolute atomic E-state index is 0.0155. The number of rotatable bonds is 17. The zero-order valence-corrected chi connectivity index (χ0v) is 19.2. The first-order valence-electron chi connectivity index (χ1n) is 10.6. The molecule has 0 bridgehead atoms. The largest absolute Gasteiger partial charge is 0.481 e. The van der Waals surface area contributed by atoms with Gasteiger partial charge in [-0.2, -0.15) is 0 Å². The number of carboxylic acids is 3. The summed E-state index contributed by atoms with van der Waals surface area (Å²) in [5.41, 5.74) is 16.1. The molecule has 0 aromatic carbocycles. The van der Waals surface area contributed by atoms with Gasteiger partial charge >= 0.3 is 17.9 Å². The average molecular weight is 504 g/mol. The number of guanidine groups is 1. The third-order valence-electron chi connectivity index (χ3n) is 4.59. The van der Waals surface area contributed by atoms with E-state index in [4.69, 9.17) is 32.5 Å². The van der Waals surface area contributed by atoms with Crippen LogP contribution in [0.25, 0.3) is 0 Å². The predicted octanol–water partition coefficient (Wildman–Crippen LogP) is -3.34. The number of hydrogen-bond donors (Lipinski definition) is 9. The second kappa shape index (κ2) is 15.8. The Morgan fingerprint density at radius 2 is 1.26 bits per heavy atom. The van der Waals surface area contributed by atoms with E-state index in [-0.39, 0.29) is 38.2 Å². The van der Waals surface area contributed by atoms with Gasteiger partial charge in [-0.3, -0.25) is 33.8 Å². The highest BCUT2D eigenvalue weighted by Gasteiger charge is 2.29. The van der Waals surface area contributed by atoms with Gasteiger partial charge in [-0.15, -0.1) is 0 Å². The predicted molar refractivity (Wildman–Crippen MR) is 121 cm³/mol. The van der Waals surface area contributed by atoms with Gasteiger partial charge in [0.1, 0.15) is 18.1 Å². The molecular formula is C19H33N7O9. The monoisotopic (exact) mass is 503 g/mol. The molecule has 0 heterocycles. The van der Waals surface area contributed by atoms with Gasteiger partial charge in [0.2, 0.25) is 17.7 Å². The fourth-order valence-electron chi connectivity index (χ4n) is 2.65. The number of carboxylic acid groups (broad SMARTS) is 3. The van der Waals surface area contributed by atoms with Crippen molar-refractivity contribution in [2.45, 2.75) is 69.6 Å². The first-order chi connectivity index (χ1) is 16.2. The van der Waals surface area contributed by atoms with Crippen LogP contribution in [0.4, 0.5) is 0 Å². The Morgan fingerprint density at radius 3 is 1.77 bits per heavy atom. The molecule has 16 heteroatoms. The second-order valence-electron chi connectivity index (χ2n) is 7.61. The van der Waals surface area contributed by atoms with Gasteiger partial charge in [0.15, 0.2) is 5.96 Å². The molecule has 0 rings (SSSR count). The summed E-state index contributed by atoms with van der Waals surface area (Å²) in [6.07, 6.45) is -1.30. The van der Waals surface area contributed by atoms with Crippen molar-refractivity contribution in [3.05, 3.63) is 0 Å². The van der Waals surface area contributed by atoms with Crippen molar-refractivity contribution in [1.82, 2.24) is 16.0 Å². The Morgan fingerprint density at radius 1 is 0.771 bits per heavy atom. The van der Waals surface area contributed by atoms with Crippen LogP contribution >= 0.6 is 0 Å².